The second-order valence-corrected chi connectivity index (χ2v) is 3.60. The van der Waals surface area contributed by atoms with Gasteiger partial charge in [-0.25, -0.2) is 0 Å². The summed E-state index contributed by atoms with van der Waals surface area (Å²) >= 11 is 0. The monoisotopic (exact) mass is 178 g/mol. The third-order valence-corrected chi connectivity index (χ3v) is 2.58. The van der Waals surface area contributed by atoms with Crippen molar-refractivity contribution >= 4 is 0 Å². The average Bonchev–Trinajstić information content (AvgIpc) is 2.12. The van der Waals surface area contributed by atoms with Crippen LogP contribution in [0.3, 0.4) is 0 Å². The molecule has 1 heterocycles. The number of ether oxygens (including phenoxy) is 1. The first kappa shape index (κ1) is 8.57. The smallest absolute Gasteiger partial charge is 0.128 e. The van der Waals surface area contributed by atoms with Gasteiger partial charge in [-0.05, 0) is 25.0 Å². The summed E-state index contributed by atoms with van der Waals surface area (Å²) in [6.07, 6.45) is 0.362. The van der Waals surface area contributed by atoms with E-state index in [0.717, 1.165) is 22.4 Å². The van der Waals surface area contributed by atoms with E-state index in [9.17, 15) is 5.11 Å². The van der Waals surface area contributed by atoms with E-state index in [2.05, 4.69) is 0 Å². The van der Waals surface area contributed by atoms with Gasteiger partial charge in [0.15, 0.2) is 0 Å². The average molecular weight is 178 g/mol. The van der Waals surface area contributed by atoms with Crippen LogP contribution in [0.4, 0.5) is 0 Å². The third kappa shape index (κ3) is 1.31. The molecule has 0 unspecified atom stereocenters. The highest BCUT2D eigenvalue weighted by Crippen LogP contribution is 2.36. The molecule has 2 nitrogen and oxygen atoms in total. The number of aryl methyl sites for hydroxylation is 2. The minimum Gasteiger partial charge on any atom is -0.493 e. The predicted octanol–water partition coefficient (Wildman–Crippen LogP) is 2.12. The topological polar surface area (TPSA) is 29.5 Å². The molecule has 13 heavy (non-hydrogen) atoms. The van der Waals surface area contributed by atoms with E-state index in [0.29, 0.717) is 13.0 Å². The summed E-state index contributed by atoms with van der Waals surface area (Å²) in [5, 5.41) is 9.79. The van der Waals surface area contributed by atoms with Crippen molar-refractivity contribution in [2.45, 2.75) is 26.4 Å². The van der Waals surface area contributed by atoms with E-state index in [-0.39, 0.29) is 6.10 Å². The van der Waals surface area contributed by atoms with E-state index >= 15 is 0 Å². The number of aliphatic hydroxyl groups is 1. The Hall–Kier alpha value is -1.02. The van der Waals surface area contributed by atoms with Gasteiger partial charge in [-0.3, -0.25) is 0 Å². The second-order valence-electron chi connectivity index (χ2n) is 3.60. The van der Waals surface area contributed by atoms with Gasteiger partial charge in [0.1, 0.15) is 5.75 Å². The molecule has 1 N–H and O–H groups in total. The molecule has 1 atom stereocenters. The van der Waals surface area contributed by atoms with Gasteiger partial charge in [0, 0.05) is 12.0 Å². The first-order valence-electron chi connectivity index (χ1n) is 4.61. The third-order valence-electron chi connectivity index (χ3n) is 2.58. The molecule has 1 aromatic carbocycles. The van der Waals surface area contributed by atoms with Crippen LogP contribution >= 0.6 is 0 Å². The molecule has 2 heteroatoms. The molecule has 0 fully saturated rings. The van der Waals surface area contributed by atoms with Crippen molar-refractivity contribution in [2.24, 2.45) is 0 Å². The normalized spacial score (nSPS) is 20.7. The summed E-state index contributed by atoms with van der Waals surface area (Å²) in [5.41, 5.74) is 3.21. The molecule has 0 amide bonds. The molecule has 1 aliphatic rings. The minimum absolute atomic E-state index is 0.344. The van der Waals surface area contributed by atoms with Gasteiger partial charge in [-0.1, -0.05) is 12.1 Å². The van der Waals surface area contributed by atoms with Crippen LogP contribution in [0.5, 0.6) is 5.75 Å². The summed E-state index contributed by atoms with van der Waals surface area (Å²) in [4.78, 5) is 0. The van der Waals surface area contributed by atoms with Crippen molar-refractivity contribution in [3.05, 3.63) is 28.8 Å². The molecule has 0 aromatic heterocycles. The second kappa shape index (κ2) is 3.04. The molecule has 0 aliphatic carbocycles. The van der Waals surface area contributed by atoms with Crippen LogP contribution in [0, 0.1) is 13.8 Å². The van der Waals surface area contributed by atoms with E-state index in [4.69, 9.17) is 4.74 Å². The molecular weight excluding hydrogens is 164 g/mol. The maximum absolute atomic E-state index is 9.79. The van der Waals surface area contributed by atoms with Gasteiger partial charge in [0.05, 0.1) is 12.7 Å². The molecule has 1 aliphatic heterocycles. The number of hydrogen-bond donors (Lipinski definition) is 1. The van der Waals surface area contributed by atoms with E-state index < -0.39 is 0 Å². The number of fused-ring (bicyclic) bond motifs is 1. The zero-order chi connectivity index (χ0) is 9.42. The minimum atomic E-state index is -0.344. The molecule has 1 aromatic rings. The van der Waals surface area contributed by atoms with Crippen LogP contribution in [0.15, 0.2) is 12.1 Å². The molecule has 0 saturated heterocycles. The zero-order valence-corrected chi connectivity index (χ0v) is 8.00. The van der Waals surface area contributed by atoms with Gasteiger partial charge in [-0.15, -0.1) is 0 Å². The lowest BCUT2D eigenvalue weighted by atomic mass is 9.96. The van der Waals surface area contributed by atoms with Gasteiger partial charge >= 0.3 is 0 Å². The Kier molecular flexibility index (Phi) is 2.00. The Bertz CT molecular complexity index is 331. The Morgan fingerprint density at radius 1 is 1.31 bits per heavy atom. The maximum atomic E-state index is 9.79. The van der Waals surface area contributed by atoms with Crippen molar-refractivity contribution in [1.82, 2.24) is 0 Å². The Morgan fingerprint density at radius 3 is 2.69 bits per heavy atom. The van der Waals surface area contributed by atoms with Crippen molar-refractivity contribution in [3.8, 4) is 5.75 Å². The molecular formula is C11H14O2. The first-order valence-corrected chi connectivity index (χ1v) is 4.61. The standard InChI is InChI=1S/C11H14O2/c1-7-3-4-8(2)11-10(7)9(12)5-6-13-11/h3-4,9,12H,5-6H2,1-2H3/t9-/m1/s1. The highest BCUT2D eigenvalue weighted by molar-refractivity contribution is 5.47. The van der Waals surface area contributed by atoms with Gasteiger partial charge in [-0.2, -0.15) is 0 Å². The van der Waals surface area contributed by atoms with Crippen LogP contribution in [0.2, 0.25) is 0 Å². The van der Waals surface area contributed by atoms with E-state index in [1.807, 2.05) is 26.0 Å². The van der Waals surface area contributed by atoms with Crippen molar-refractivity contribution < 1.29 is 9.84 Å². The number of hydrogen-bond acceptors (Lipinski definition) is 2. The van der Waals surface area contributed by atoms with Gasteiger partial charge in [0.25, 0.3) is 0 Å². The van der Waals surface area contributed by atoms with Crippen LogP contribution in [0.1, 0.15) is 29.2 Å². The van der Waals surface area contributed by atoms with Crippen LogP contribution in [0.25, 0.3) is 0 Å². The van der Waals surface area contributed by atoms with Crippen LogP contribution < -0.4 is 4.74 Å². The van der Waals surface area contributed by atoms with E-state index in [1.54, 1.807) is 0 Å². The molecule has 0 saturated carbocycles. The fraction of sp³-hybridized carbons (Fsp3) is 0.455. The highest BCUT2D eigenvalue weighted by Gasteiger charge is 2.22. The lowest BCUT2D eigenvalue weighted by Gasteiger charge is -2.25. The fourth-order valence-electron chi connectivity index (χ4n) is 1.83. The molecule has 0 spiro atoms. The summed E-state index contributed by atoms with van der Waals surface area (Å²) in [5.74, 6) is 0.888. The highest BCUT2D eigenvalue weighted by atomic mass is 16.5. The molecule has 70 valence electrons. The molecule has 2 rings (SSSR count). The lowest BCUT2D eigenvalue weighted by molar-refractivity contribution is 0.114. The number of benzene rings is 1. The Balaban J connectivity index is 2.60. The largest absolute Gasteiger partial charge is 0.493 e. The summed E-state index contributed by atoms with van der Waals surface area (Å²) in [6, 6.07) is 4.07. The van der Waals surface area contributed by atoms with Crippen LogP contribution in [-0.4, -0.2) is 11.7 Å². The predicted molar refractivity (Wildman–Crippen MR) is 51.0 cm³/mol. The Morgan fingerprint density at radius 2 is 2.00 bits per heavy atom. The van der Waals surface area contributed by atoms with Crippen LogP contribution in [-0.2, 0) is 0 Å². The van der Waals surface area contributed by atoms with Gasteiger partial charge < -0.3 is 9.84 Å². The first-order chi connectivity index (χ1) is 6.20. The van der Waals surface area contributed by atoms with Gasteiger partial charge in [0.2, 0.25) is 0 Å². The molecule has 0 bridgehead atoms. The summed E-state index contributed by atoms with van der Waals surface area (Å²) in [6.45, 7) is 4.64. The zero-order valence-electron chi connectivity index (χ0n) is 8.00. The number of rotatable bonds is 0. The van der Waals surface area contributed by atoms with Crippen molar-refractivity contribution in [3.63, 3.8) is 0 Å². The summed E-state index contributed by atoms with van der Waals surface area (Å²) in [7, 11) is 0. The SMILES string of the molecule is Cc1ccc(C)c2c1OCC[C@H]2O. The maximum Gasteiger partial charge on any atom is 0.128 e. The van der Waals surface area contributed by atoms with Crippen molar-refractivity contribution in [1.29, 1.82) is 0 Å². The van der Waals surface area contributed by atoms with E-state index in [1.165, 1.54) is 0 Å². The molecule has 0 radical (unpaired) electrons. The van der Waals surface area contributed by atoms with Crippen molar-refractivity contribution in [2.75, 3.05) is 6.61 Å². The fourth-order valence-corrected chi connectivity index (χ4v) is 1.83. The Labute approximate surface area is 78.2 Å². The number of aliphatic hydroxyl groups excluding tert-OH is 1. The quantitative estimate of drug-likeness (QED) is 0.659. The lowest BCUT2D eigenvalue weighted by Crippen LogP contribution is -2.15. The summed E-state index contributed by atoms with van der Waals surface area (Å²) < 4.78 is 5.55.